The zero-order chi connectivity index (χ0) is 24.1. The van der Waals surface area contributed by atoms with Crippen molar-refractivity contribution in [3.05, 3.63) is 53.6 Å². The molecule has 0 aromatic heterocycles. The predicted octanol–water partition coefficient (Wildman–Crippen LogP) is 0.204. The maximum Gasteiger partial charge on any atom is 0.338 e. The summed E-state index contributed by atoms with van der Waals surface area (Å²) in [6.07, 6.45) is -7.06. The highest BCUT2D eigenvalue weighted by Gasteiger charge is 2.45. The molecular weight excluding hydrogens is 440 g/mol. The van der Waals surface area contributed by atoms with Crippen LogP contribution in [0.1, 0.15) is 22.8 Å². The molecule has 1 heterocycles. The van der Waals surface area contributed by atoms with E-state index < -0.39 is 48.4 Å². The standard InChI is InChI=1S/C22H24O11/c1-11(23)30-10-17-18(26)19(27)20(28)22(33-17)32-14-5-2-12(3-6-14)9-31-21(29)13-4-7-15(24)16(25)8-13/h2-8,17-20,22,24-28H,9-10H2,1H3. The quantitative estimate of drug-likeness (QED) is 0.280. The van der Waals surface area contributed by atoms with Crippen molar-refractivity contribution in [2.24, 2.45) is 0 Å². The number of aliphatic hydroxyl groups is 3. The number of ether oxygens (including phenoxy) is 4. The molecule has 0 aliphatic carbocycles. The van der Waals surface area contributed by atoms with Crippen LogP contribution in [0.5, 0.6) is 17.2 Å². The second-order valence-electron chi connectivity index (χ2n) is 7.36. The normalized spacial score (nSPS) is 24.7. The van der Waals surface area contributed by atoms with Crippen LogP contribution in [0.15, 0.2) is 42.5 Å². The number of aromatic hydroxyl groups is 2. The van der Waals surface area contributed by atoms with Crippen LogP contribution in [0.4, 0.5) is 0 Å². The number of esters is 2. The molecule has 0 radical (unpaired) electrons. The Hall–Kier alpha value is -3.38. The van der Waals surface area contributed by atoms with Crippen molar-refractivity contribution >= 4 is 11.9 Å². The Morgan fingerprint density at radius 2 is 1.61 bits per heavy atom. The SMILES string of the molecule is CC(=O)OCC1OC(Oc2ccc(COC(=O)c3ccc(O)c(O)c3)cc2)C(O)C(O)C1O. The van der Waals surface area contributed by atoms with Gasteiger partial charge >= 0.3 is 11.9 Å². The van der Waals surface area contributed by atoms with Crippen LogP contribution in [-0.4, -0.2) is 74.8 Å². The molecule has 1 aliphatic rings. The molecule has 5 N–H and O–H groups in total. The number of rotatable bonds is 7. The Morgan fingerprint density at radius 3 is 2.24 bits per heavy atom. The molecule has 0 bridgehead atoms. The predicted molar refractivity (Wildman–Crippen MR) is 109 cm³/mol. The van der Waals surface area contributed by atoms with Gasteiger partial charge in [0.2, 0.25) is 6.29 Å². The first kappa shape index (κ1) is 24.3. The lowest BCUT2D eigenvalue weighted by molar-refractivity contribution is -0.278. The third-order valence-electron chi connectivity index (χ3n) is 4.88. The Morgan fingerprint density at radius 1 is 0.909 bits per heavy atom. The largest absolute Gasteiger partial charge is 0.504 e. The molecule has 0 amide bonds. The minimum atomic E-state index is -1.58. The van der Waals surface area contributed by atoms with Crippen molar-refractivity contribution in [1.82, 2.24) is 0 Å². The number of hydrogen-bond acceptors (Lipinski definition) is 11. The van der Waals surface area contributed by atoms with E-state index in [-0.39, 0.29) is 30.3 Å². The Kier molecular flexibility index (Phi) is 7.71. The van der Waals surface area contributed by atoms with Crippen molar-refractivity contribution in [2.45, 2.75) is 44.2 Å². The number of hydrogen-bond donors (Lipinski definition) is 5. The zero-order valence-electron chi connectivity index (χ0n) is 17.5. The smallest absolute Gasteiger partial charge is 0.338 e. The van der Waals surface area contributed by atoms with Gasteiger partial charge in [0.15, 0.2) is 11.5 Å². The van der Waals surface area contributed by atoms with Crippen molar-refractivity contribution < 1.29 is 54.1 Å². The Balaban J connectivity index is 1.57. The molecule has 33 heavy (non-hydrogen) atoms. The molecule has 5 atom stereocenters. The van der Waals surface area contributed by atoms with E-state index in [1.807, 2.05) is 0 Å². The number of phenolic OH excluding ortho intramolecular Hbond substituents is 2. The summed E-state index contributed by atoms with van der Waals surface area (Å²) in [4.78, 5) is 23.1. The van der Waals surface area contributed by atoms with Gasteiger partial charge in [0.05, 0.1) is 5.56 Å². The number of carbonyl (C=O) groups excluding carboxylic acids is 2. The summed E-state index contributed by atoms with van der Waals surface area (Å²) in [5.41, 5.74) is 0.671. The van der Waals surface area contributed by atoms with Gasteiger partial charge in [-0.15, -0.1) is 0 Å². The number of phenols is 2. The van der Waals surface area contributed by atoms with E-state index in [4.69, 9.17) is 18.9 Å². The summed E-state index contributed by atoms with van der Waals surface area (Å²) in [5, 5.41) is 49.0. The summed E-state index contributed by atoms with van der Waals surface area (Å²) in [7, 11) is 0. The molecule has 11 heteroatoms. The van der Waals surface area contributed by atoms with Crippen molar-refractivity contribution in [2.75, 3.05) is 6.61 Å². The van der Waals surface area contributed by atoms with Gasteiger partial charge in [-0.1, -0.05) is 12.1 Å². The van der Waals surface area contributed by atoms with Crippen LogP contribution in [0, 0.1) is 0 Å². The monoisotopic (exact) mass is 464 g/mol. The highest BCUT2D eigenvalue weighted by atomic mass is 16.7. The van der Waals surface area contributed by atoms with Gasteiger partial charge in [-0.05, 0) is 35.9 Å². The summed E-state index contributed by atoms with van der Waals surface area (Å²) in [6, 6.07) is 9.79. The van der Waals surface area contributed by atoms with Crippen molar-refractivity contribution in [3.63, 3.8) is 0 Å². The fraction of sp³-hybridized carbons (Fsp3) is 0.364. The third-order valence-corrected chi connectivity index (χ3v) is 4.88. The van der Waals surface area contributed by atoms with E-state index in [1.165, 1.54) is 31.2 Å². The molecule has 3 rings (SSSR count). The van der Waals surface area contributed by atoms with Gasteiger partial charge in [0.25, 0.3) is 0 Å². The first-order valence-electron chi connectivity index (χ1n) is 9.93. The molecule has 5 unspecified atom stereocenters. The fourth-order valence-corrected chi connectivity index (χ4v) is 3.03. The van der Waals surface area contributed by atoms with E-state index >= 15 is 0 Å². The second-order valence-corrected chi connectivity index (χ2v) is 7.36. The van der Waals surface area contributed by atoms with Gasteiger partial charge in [0.1, 0.15) is 43.4 Å². The van der Waals surface area contributed by atoms with Crippen LogP contribution in [0.3, 0.4) is 0 Å². The fourth-order valence-electron chi connectivity index (χ4n) is 3.03. The summed E-state index contributed by atoms with van der Waals surface area (Å²) < 4.78 is 21.0. The lowest BCUT2D eigenvalue weighted by atomic mass is 9.99. The van der Waals surface area contributed by atoms with Gasteiger partial charge < -0.3 is 44.5 Å². The van der Waals surface area contributed by atoms with Crippen LogP contribution in [0.2, 0.25) is 0 Å². The van der Waals surface area contributed by atoms with Gasteiger partial charge in [0, 0.05) is 6.92 Å². The molecular formula is C22H24O11. The molecule has 178 valence electrons. The minimum absolute atomic E-state index is 0.0674. The molecule has 0 spiro atoms. The van der Waals surface area contributed by atoms with E-state index in [2.05, 4.69) is 0 Å². The van der Waals surface area contributed by atoms with E-state index in [0.717, 1.165) is 6.07 Å². The topological polar surface area (TPSA) is 172 Å². The summed E-state index contributed by atoms with van der Waals surface area (Å²) >= 11 is 0. The van der Waals surface area contributed by atoms with Crippen molar-refractivity contribution in [3.8, 4) is 17.2 Å². The number of carbonyl (C=O) groups is 2. The van der Waals surface area contributed by atoms with Crippen molar-refractivity contribution in [1.29, 1.82) is 0 Å². The number of aliphatic hydroxyl groups excluding tert-OH is 3. The first-order valence-corrected chi connectivity index (χ1v) is 9.93. The van der Waals surface area contributed by atoms with Crippen LogP contribution in [0.25, 0.3) is 0 Å². The van der Waals surface area contributed by atoms with Crippen LogP contribution < -0.4 is 4.74 Å². The first-order chi connectivity index (χ1) is 15.7. The number of benzene rings is 2. The molecule has 2 aromatic rings. The maximum absolute atomic E-state index is 12.1. The molecule has 2 aromatic carbocycles. The summed E-state index contributed by atoms with van der Waals surface area (Å²) in [5.74, 6) is -1.83. The highest BCUT2D eigenvalue weighted by Crippen LogP contribution is 2.26. The maximum atomic E-state index is 12.1. The molecule has 1 fully saturated rings. The minimum Gasteiger partial charge on any atom is -0.504 e. The molecule has 1 aliphatic heterocycles. The lowest BCUT2D eigenvalue weighted by Crippen LogP contribution is -2.60. The van der Waals surface area contributed by atoms with Crippen LogP contribution >= 0.6 is 0 Å². The van der Waals surface area contributed by atoms with E-state index in [9.17, 15) is 35.1 Å². The zero-order valence-corrected chi connectivity index (χ0v) is 17.5. The van der Waals surface area contributed by atoms with E-state index in [1.54, 1.807) is 12.1 Å². The van der Waals surface area contributed by atoms with Gasteiger partial charge in [-0.25, -0.2) is 4.79 Å². The van der Waals surface area contributed by atoms with Crippen LogP contribution in [-0.2, 0) is 25.6 Å². The second kappa shape index (κ2) is 10.5. The molecule has 1 saturated heterocycles. The molecule has 0 saturated carbocycles. The van der Waals surface area contributed by atoms with E-state index in [0.29, 0.717) is 5.56 Å². The average molecular weight is 464 g/mol. The summed E-state index contributed by atoms with van der Waals surface area (Å²) in [6.45, 7) is 0.768. The average Bonchev–Trinajstić information content (AvgIpc) is 2.79. The lowest BCUT2D eigenvalue weighted by Gasteiger charge is -2.39. The Labute approximate surface area is 188 Å². The molecule has 11 nitrogen and oxygen atoms in total. The Bertz CT molecular complexity index is 975. The third kappa shape index (κ3) is 6.11. The van der Waals surface area contributed by atoms with Gasteiger partial charge in [-0.2, -0.15) is 0 Å². The van der Waals surface area contributed by atoms with Gasteiger partial charge in [-0.3, -0.25) is 4.79 Å². The highest BCUT2D eigenvalue weighted by molar-refractivity contribution is 5.90.